The molecule has 3 nitrogen and oxygen atoms in total. The predicted octanol–water partition coefficient (Wildman–Crippen LogP) is 3.00. The summed E-state index contributed by atoms with van der Waals surface area (Å²) in [4.78, 5) is 12.9. The van der Waals surface area contributed by atoms with Gasteiger partial charge in [-0.05, 0) is 23.9 Å². The highest BCUT2D eigenvalue weighted by Gasteiger charge is 2.31. The Morgan fingerprint density at radius 3 is 2.90 bits per heavy atom. The Morgan fingerprint density at radius 1 is 1.29 bits per heavy atom. The molecule has 0 aliphatic carbocycles. The van der Waals surface area contributed by atoms with Crippen LogP contribution >= 0.6 is 11.3 Å². The maximum Gasteiger partial charge on any atom is 0.220 e. The number of nitrogens with one attached hydrogen (secondary N) is 2. The third-order valence-electron chi connectivity index (χ3n) is 3.76. The topological polar surface area (TPSA) is 41.1 Å². The molecule has 2 heterocycles. The minimum Gasteiger partial charge on any atom is -0.348 e. The van der Waals surface area contributed by atoms with Gasteiger partial charge in [-0.1, -0.05) is 24.3 Å². The quantitative estimate of drug-likeness (QED) is 0.911. The van der Waals surface area contributed by atoms with Crippen LogP contribution in [0.3, 0.4) is 0 Å². The van der Waals surface area contributed by atoms with Gasteiger partial charge in [-0.2, -0.15) is 0 Å². The summed E-state index contributed by atoms with van der Waals surface area (Å²) in [6.07, 6.45) is 1.20. The third kappa shape index (κ3) is 3.31. The maximum atomic E-state index is 14.0. The number of benzene rings is 1. The highest BCUT2D eigenvalue weighted by atomic mass is 32.1. The SMILES string of the molecule is O=C1CC[C@@H](NCc2cccs2)[C@H](c2ccccc2F)N1. The number of rotatable bonds is 4. The van der Waals surface area contributed by atoms with Crippen molar-refractivity contribution in [1.82, 2.24) is 10.6 Å². The first-order valence-corrected chi connectivity index (χ1v) is 7.91. The van der Waals surface area contributed by atoms with Crippen molar-refractivity contribution in [3.63, 3.8) is 0 Å². The lowest BCUT2D eigenvalue weighted by Crippen LogP contribution is -2.48. The Labute approximate surface area is 127 Å². The van der Waals surface area contributed by atoms with Gasteiger partial charge in [0.15, 0.2) is 0 Å². The summed E-state index contributed by atoms with van der Waals surface area (Å²) in [5, 5.41) is 8.40. The minimum absolute atomic E-state index is 0.0163. The summed E-state index contributed by atoms with van der Waals surface area (Å²) in [6, 6.07) is 10.5. The molecule has 5 heteroatoms. The number of carbonyl (C=O) groups is 1. The van der Waals surface area contributed by atoms with Crippen LogP contribution in [0.15, 0.2) is 41.8 Å². The number of hydrogen-bond donors (Lipinski definition) is 2. The van der Waals surface area contributed by atoms with Crippen LogP contribution in [0.1, 0.15) is 29.3 Å². The first-order chi connectivity index (χ1) is 10.2. The molecule has 0 radical (unpaired) electrons. The molecular formula is C16H17FN2OS. The molecule has 0 bridgehead atoms. The summed E-state index contributed by atoms with van der Waals surface area (Å²) >= 11 is 1.69. The van der Waals surface area contributed by atoms with Crippen LogP contribution in [0.25, 0.3) is 0 Å². The largest absolute Gasteiger partial charge is 0.348 e. The van der Waals surface area contributed by atoms with Gasteiger partial charge in [-0.25, -0.2) is 4.39 Å². The molecular weight excluding hydrogens is 287 g/mol. The van der Waals surface area contributed by atoms with Crippen molar-refractivity contribution >= 4 is 17.2 Å². The van der Waals surface area contributed by atoms with Gasteiger partial charge in [0.25, 0.3) is 0 Å². The molecule has 2 aromatic rings. The molecule has 2 N–H and O–H groups in total. The lowest BCUT2D eigenvalue weighted by Gasteiger charge is -2.33. The van der Waals surface area contributed by atoms with Crippen molar-refractivity contribution in [3.8, 4) is 0 Å². The fourth-order valence-electron chi connectivity index (χ4n) is 2.69. The van der Waals surface area contributed by atoms with Crippen molar-refractivity contribution in [2.75, 3.05) is 0 Å². The molecule has 3 rings (SSSR count). The van der Waals surface area contributed by atoms with Gasteiger partial charge in [-0.15, -0.1) is 11.3 Å². The average Bonchev–Trinajstić information content (AvgIpc) is 3.00. The van der Waals surface area contributed by atoms with Crippen LogP contribution in [0.4, 0.5) is 4.39 Å². The average molecular weight is 304 g/mol. The van der Waals surface area contributed by atoms with Crippen molar-refractivity contribution in [1.29, 1.82) is 0 Å². The summed E-state index contributed by atoms with van der Waals surface area (Å²) < 4.78 is 14.0. The highest BCUT2D eigenvalue weighted by molar-refractivity contribution is 7.09. The van der Waals surface area contributed by atoms with Crippen LogP contribution in [-0.4, -0.2) is 11.9 Å². The van der Waals surface area contributed by atoms with Crippen LogP contribution in [0.2, 0.25) is 0 Å². The van der Waals surface area contributed by atoms with E-state index in [4.69, 9.17) is 0 Å². The van der Waals surface area contributed by atoms with E-state index in [1.165, 1.54) is 10.9 Å². The Balaban J connectivity index is 1.76. The lowest BCUT2D eigenvalue weighted by molar-refractivity contribution is -0.123. The third-order valence-corrected chi connectivity index (χ3v) is 4.64. The summed E-state index contributed by atoms with van der Waals surface area (Å²) in [5.41, 5.74) is 0.550. The summed E-state index contributed by atoms with van der Waals surface area (Å²) in [5.74, 6) is -0.287. The van der Waals surface area contributed by atoms with Crippen molar-refractivity contribution < 1.29 is 9.18 Å². The first kappa shape index (κ1) is 14.2. The van der Waals surface area contributed by atoms with Gasteiger partial charge < -0.3 is 10.6 Å². The molecule has 0 unspecified atom stereocenters. The summed E-state index contributed by atoms with van der Waals surface area (Å²) in [6.45, 7) is 0.739. The van der Waals surface area contributed by atoms with E-state index in [0.29, 0.717) is 12.0 Å². The van der Waals surface area contributed by atoms with Crippen LogP contribution in [-0.2, 0) is 11.3 Å². The number of halogens is 1. The van der Waals surface area contributed by atoms with Gasteiger partial charge in [0.05, 0.1) is 6.04 Å². The normalized spacial score (nSPS) is 22.0. The Kier molecular flexibility index (Phi) is 4.31. The van der Waals surface area contributed by atoms with E-state index in [-0.39, 0.29) is 23.8 Å². The van der Waals surface area contributed by atoms with Crippen molar-refractivity contribution in [3.05, 3.63) is 58.0 Å². The molecule has 2 atom stereocenters. The van der Waals surface area contributed by atoms with E-state index in [1.807, 2.05) is 11.4 Å². The second-order valence-corrected chi connectivity index (χ2v) is 6.20. The Bertz CT molecular complexity index is 614. The lowest BCUT2D eigenvalue weighted by atomic mass is 9.91. The molecule has 1 amide bonds. The zero-order chi connectivity index (χ0) is 14.7. The molecule has 0 spiro atoms. The molecule has 0 saturated carbocycles. The zero-order valence-corrected chi connectivity index (χ0v) is 12.3. The Hall–Kier alpha value is -1.72. The van der Waals surface area contributed by atoms with Gasteiger partial charge in [0.2, 0.25) is 5.91 Å². The molecule has 110 valence electrons. The van der Waals surface area contributed by atoms with Crippen molar-refractivity contribution in [2.45, 2.75) is 31.5 Å². The number of hydrogen-bond acceptors (Lipinski definition) is 3. The van der Waals surface area contributed by atoms with Gasteiger partial charge in [0, 0.05) is 29.4 Å². The molecule has 1 saturated heterocycles. The zero-order valence-electron chi connectivity index (χ0n) is 11.5. The molecule has 1 aliphatic rings. The maximum absolute atomic E-state index is 14.0. The van der Waals surface area contributed by atoms with E-state index in [2.05, 4.69) is 16.7 Å². The van der Waals surface area contributed by atoms with E-state index in [1.54, 1.807) is 29.5 Å². The van der Waals surface area contributed by atoms with E-state index in [0.717, 1.165) is 13.0 Å². The van der Waals surface area contributed by atoms with Crippen LogP contribution in [0, 0.1) is 5.82 Å². The van der Waals surface area contributed by atoms with Gasteiger partial charge >= 0.3 is 0 Å². The standard InChI is InChI=1S/C16H17FN2OS/c17-13-6-2-1-5-12(13)16-14(7-8-15(20)19-16)18-10-11-4-3-9-21-11/h1-6,9,14,16,18H,7-8,10H2,(H,19,20)/t14-,16+/m1/s1. The minimum atomic E-state index is -0.313. The molecule has 1 fully saturated rings. The van der Waals surface area contributed by atoms with Crippen LogP contribution in [0.5, 0.6) is 0 Å². The number of thiophene rings is 1. The molecule has 1 aromatic carbocycles. The number of amides is 1. The highest BCUT2D eigenvalue weighted by Crippen LogP contribution is 2.26. The van der Waals surface area contributed by atoms with Gasteiger partial charge in [-0.3, -0.25) is 4.79 Å². The molecule has 21 heavy (non-hydrogen) atoms. The fraction of sp³-hybridized carbons (Fsp3) is 0.312. The molecule has 1 aliphatic heterocycles. The molecule has 1 aromatic heterocycles. The Morgan fingerprint density at radius 2 is 2.14 bits per heavy atom. The smallest absolute Gasteiger partial charge is 0.220 e. The number of piperidine rings is 1. The predicted molar refractivity (Wildman–Crippen MR) is 81.5 cm³/mol. The second kappa shape index (κ2) is 6.37. The van der Waals surface area contributed by atoms with E-state index in [9.17, 15) is 9.18 Å². The summed E-state index contributed by atoms with van der Waals surface area (Å²) in [7, 11) is 0. The van der Waals surface area contributed by atoms with Gasteiger partial charge in [0.1, 0.15) is 5.82 Å². The number of carbonyl (C=O) groups excluding carboxylic acids is 1. The monoisotopic (exact) mass is 304 g/mol. The second-order valence-electron chi connectivity index (χ2n) is 5.17. The first-order valence-electron chi connectivity index (χ1n) is 7.03. The fourth-order valence-corrected chi connectivity index (χ4v) is 3.34. The van der Waals surface area contributed by atoms with E-state index < -0.39 is 0 Å². The van der Waals surface area contributed by atoms with E-state index >= 15 is 0 Å². The van der Waals surface area contributed by atoms with Crippen LogP contribution < -0.4 is 10.6 Å². The van der Waals surface area contributed by atoms with Crippen molar-refractivity contribution in [2.24, 2.45) is 0 Å².